The first-order valence-corrected chi connectivity index (χ1v) is 7.57. The summed E-state index contributed by atoms with van der Waals surface area (Å²) in [6.45, 7) is 1.65. The Kier molecular flexibility index (Phi) is 4.36. The van der Waals surface area contributed by atoms with Crippen molar-refractivity contribution < 1.29 is 17.3 Å². The molecule has 2 aromatic carbocycles. The van der Waals surface area contributed by atoms with Gasteiger partial charge in [-0.1, -0.05) is 18.2 Å². The number of ether oxygens (including phenoxy) is 1. The normalized spacial score (nSPS) is 10.8. The van der Waals surface area contributed by atoms with Crippen molar-refractivity contribution in [3.8, 4) is 11.5 Å². The third-order valence-electron chi connectivity index (χ3n) is 2.32. The molecular weight excluding hydrogens is 296 g/mol. The molecule has 4 nitrogen and oxygen atoms in total. The van der Waals surface area contributed by atoms with Crippen LogP contribution >= 0.6 is 12.2 Å². The van der Waals surface area contributed by atoms with E-state index in [1.165, 1.54) is 24.3 Å². The van der Waals surface area contributed by atoms with Crippen molar-refractivity contribution in [2.24, 2.45) is 0 Å². The van der Waals surface area contributed by atoms with Gasteiger partial charge in [-0.25, -0.2) is 0 Å². The molecule has 2 aromatic rings. The molecule has 0 unspecified atom stereocenters. The summed E-state index contributed by atoms with van der Waals surface area (Å²) in [4.78, 5) is 0.107. The Morgan fingerprint density at radius 2 is 1.50 bits per heavy atom. The van der Waals surface area contributed by atoms with E-state index in [1.54, 1.807) is 37.3 Å². The van der Waals surface area contributed by atoms with Crippen molar-refractivity contribution in [1.82, 2.24) is 0 Å². The van der Waals surface area contributed by atoms with Gasteiger partial charge >= 0.3 is 10.1 Å². The molecule has 6 heteroatoms. The Labute approximate surface area is 123 Å². The highest BCUT2D eigenvalue weighted by molar-refractivity contribution is 7.87. The second-order valence-corrected chi connectivity index (χ2v) is 6.04. The van der Waals surface area contributed by atoms with E-state index in [-0.39, 0.29) is 10.6 Å². The van der Waals surface area contributed by atoms with Crippen LogP contribution in [0.3, 0.4) is 0 Å². The van der Waals surface area contributed by atoms with Crippen molar-refractivity contribution in [3.63, 3.8) is 0 Å². The van der Waals surface area contributed by atoms with Crippen molar-refractivity contribution in [2.45, 2.75) is 11.8 Å². The van der Waals surface area contributed by atoms with E-state index in [0.717, 1.165) is 0 Å². The lowest BCUT2D eigenvalue weighted by atomic mass is 10.3. The Hall–Kier alpha value is -1.92. The van der Waals surface area contributed by atoms with Crippen LogP contribution in [0, 0.1) is 0 Å². The fraction of sp³-hybridized carbons (Fsp3) is 0.0714. The fourth-order valence-electron chi connectivity index (χ4n) is 1.49. The average Bonchev–Trinajstić information content (AvgIpc) is 2.41. The lowest BCUT2D eigenvalue weighted by molar-refractivity contribution is 0.485. The van der Waals surface area contributed by atoms with Crippen LogP contribution in [0.1, 0.15) is 6.92 Å². The Bertz CT molecular complexity index is 692. The Morgan fingerprint density at radius 3 is 2.05 bits per heavy atom. The molecule has 104 valence electrons. The molecular formula is C14H12O4S2. The van der Waals surface area contributed by atoms with Gasteiger partial charge in [0.2, 0.25) is 0 Å². The summed E-state index contributed by atoms with van der Waals surface area (Å²) in [5.74, 6) is 0.741. The predicted octanol–water partition coefficient (Wildman–Crippen LogP) is 3.18. The van der Waals surface area contributed by atoms with Gasteiger partial charge < -0.3 is 8.92 Å². The summed E-state index contributed by atoms with van der Waals surface area (Å²) < 4.78 is 34.2. The molecule has 0 amide bonds. The molecule has 0 aliphatic heterocycles. The van der Waals surface area contributed by atoms with Crippen LogP contribution in [0.2, 0.25) is 0 Å². The van der Waals surface area contributed by atoms with Gasteiger partial charge in [-0.15, -0.1) is 0 Å². The first kappa shape index (κ1) is 14.5. The molecule has 0 fully saturated rings. The van der Waals surface area contributed by atoms with E-state index in [0.29, 0.717) is 10.8 Å². The van der Waals surface area contributed by atoms with Crippen molar-refractivity contribution in [1.29, 1.82) is 0 Å². The number of thiocarbonyl (C=S) groups is 1. The predicted molar refractivity (Wildman–Crippen MR) is 79.6 cm³/mol. The van der Waals surface area contributed by atoms with Gasteiger partial charge in [-0.05, 0) is 48.6 Å². The summed E-state index contributed by atoms with van der Waals surface area (Å²) >= 11 is 4.81. The molecule has 0 N–H and O–H groups in total. The van der Waals surface area contributed by atoms with Crippen LogP contribution < -0.4 is 8.92 Å². The summed E-state index contributed by atoms with van der Waals surface area (Å²) in [5.41, 5.74) is 0. The first-order chi connectivity index (χ1) is 9.47. The molecule has 0 bridgehead atoms. The minimum absolute atomic E-state index is 0.107. The van der Waals surface area contributed by atoms with Gasteiger partial charge in [-0.2, -0.15) is 8.42 Å². The lowest BCUT2D eigenvalue weighted by Gasteiger charge is -2.08. The fourth-order valence-corrected chi connectivity index (χ4v) is 2.54. The van der Waals surface area contributed by atoms with Crippen LogP contribution in [-0.4, -0.2) is 13.5 Å². The number of rotatable bonds is 4. The topological polar surface area (TPSA) is 52.6 Å². The average molecular weight is 308 g/mol. The number of benzene rings is 2. The second kappa shape index (κ2) is 6.02. The maximum absolute atomic E-state index is 12.0. The van der Waals surface area contributed by atoms with Crippen molar-refractivity contribution >= 4 is 27.4 Å². The monoisotopic (exact) mass is 308 g/mol. The van der Waals surface area contributed by atoms with E-state index in [1.807, 2.05) is 0 Å². The van der Waals surface area contributed by atoms with E-state index in [2.05, 4.69) is 0 Å². The molecule has 0 spiro atoms. The summed E-state index contributed by atoms with van der Waals surface area (Å²) in [7, 11) is -3.82. The minimum atomic E-state index is -3.82. The Morgan fingerprint density at radius 1 is 0.950 bits per heavy atom. The van der Waals surface area contributed by atoms with E-state index in [4.69, 9.17) is 21.1 Å². The summed E-state index contributed by atoms with van der Waals surface area (Å²) in [6, 6.07) is 14.1. The van der Waals surface area contributed by atoms with Crippen LogP contribution in [0.25, 0.3) is 0 Å². The molecule has 0 heterocycles. The van der Waals surface area contributed by atoms with Crippen LogP contribution in [-0.2, 0) is 10.1 Å². The minimum Gasteiger partial charge on any atom is -0.451 e. The summed E-state index contributed by atoms with van der Waals surface area (Å²) in [5, 5.41) is 0.385. The van der Waals surface area contributed by atoms with Gasteiger partial charge in [0.25, 0.3) is 0 Å². The zero-order chi connectivity index (χ0) is 14.6. The third kappa shape index (κ3) is 3.79. The smallest absolute Gasteiger partial charge is 0.339 e. The molecule has 0 aliphatic carbocycles. The number of hydrogen-bond donors (Lipinski definition) is 0. The quantitative estimate of drug-likeness (QED) is 0.641. The zero-order valence-electron chi connectivity index (χ0n) is 10.6. The highest BCUT2D eigenvalue weighted by Gasteiger charge is 2.15. The van der Waals surface area contributed by atoms with Gasteiger partial charge in [0, 0.05) is 6.92 Å². The first-order valence-electron chi connectivity index (χ1n) is 5.75. The highest BCUT2D eigenvalue weighted by Crippen LogP contribution is 2.21. The molecule has 0 atom stereocenters. The van der Waals surface area contributed by atoms with E-state index >= 15 is 0 Å². The van der Waals surface area contributed by atoms with E-state index < -0.39 is 10.1 Å². The highest BCUT2D eigenvalue weighted by atomic mass is 32.2. The van der Waals surface area contributed by atoms with Crippen LogP contribution in [0.4, 0.5) is 0 Å². The largest absolute Gasteiger partial charge is 0.451 e. The second-order valence-electron chi connectivity index (χ2n) is 3.92. The van der Waals surface area contributed by atoms with E-state index in [9.17, 15) is 8.42 Å². The van der Waals surface area contributed by atoms with Gasteiger partial charge in [-0.3, -0.25) is 0 Å². The van der Waals surface area contributed by atoms with Gasteiger partial charge in [0.15, 0.2) is 5.05 Å². The van der Waals surface area contributed by atoms with Crippen molar-refractivity contribution in [2.75, 3.05) is 0 Å². The maximum Gasteiger partial charge on any atom is 0.339 e. The molecule has 0 saturated carbocycles. The third-order valence-corrected chi connectivity index (χ3v) is 3.67. The lowest BCUT2D eigenvalue weighted by Crippen LogP contribution is -2.09. The molecule has 0 radical (unpaired) electrons. The molecule has 2 rings (SSSR count). The number of hydrogen-bond acceptors (Lipinski definition) is 5. The SMILES string of the molecule is CC(=S)Oc1ccc(OS(=O)(=O)c2ccccc2)cc1. The molecule has 20 heavy (non-hydrogen) atoms. The van der Waals surface area contributed by atoms with Gasteiger partial charge in [0.1, 0.15) is 16.4 Å². The maximum atomic E-state index is 12.0. The molecule has 0 saturated heterocycles. The van der Waals surface area contributed by atoms with Crippen LogP contribution in [0.15, 0.2) is 59.5 Å². The molecule has 0 aromatic heterocycles. The van der Waals surface area contributed by atoms with Crippen LogP contribution in [0.5, 0.6) is 11.5 Å². The zero-order valence-corrected chi connectivity index (χ0v) is 12.3. The van der Waals surface area contributed by atoms with Crippen molar-refractivity contribution in [3.05, 3.63) is 54.6 Å². The molecule has 0 aliphatic rings. The Balaban J connectivity index is 2.16. The van der Waals surface area contributed by atoms with Gasteiger partial charge in [0.05, 0.1) is 0 Å². The summed E-state index contributed by atoms with van der Waals surface area (Å²) in [6.07, 6.45) is 0. The standard InChI is InChI=1S/C14H12O4S2/c1-11(19)17-12-7-9-13(10-8-12)18-20(15,16)14-5-3-2-4-6-14/h2-10H,1H3.